The second-order valence-electron chi connectivity index (χ2n) is 7.46. The molecule has 2 aromatic heterocycles. The number of aromatic nitrogens is 3. The second-order valence-corrected chi connectivity index (χ2v) is 7.46. The molecule has 4 aromatic rings. The van der Waals surface area contributed by atoms with Gasteiger partial charge in [-0.25, -0.2) is 14.8 Å². The molecule has 0 fully saturated rings. The van der Waals surface area contributed by atoms with E-state index in [-0.39, 0.29) is 18.2 Å². The Bertz CT molecular complexity index is 1330. The van der Waals surface area contributed by atoms with Crippen molar-refractivity contribution in [2.75, 3.05) is 11.9 Å². The van der Waals surface area contributed by atoms with Gasteiger partial charge >= 0.3 is 5.97 Å². The van der Waals surface area contributed by atoms with Crippen LogP contribution in [-0.2, 0) is 4.74 Å². The van der Waals surface area contributed by atoms with Gasteiger partial charge in [0.25, 0.3) is 0 Å². The normalized spacial score (nSPS) is 10.9. The molecule has 1 N–H and O–H groups in total. The first-order chi connectivity index (χ1) is 15.4. The molecule has 0 radical (unpaired) electrons. The number of ketones is 1. The monoisotopic (exact) mass is 428 g/mol. The zero-order chi connectivity index (χ0) is 22.8. The summed E-state index contributed by atoms with van der Waals surface area (Å²) in [4.78, 5) is 33.5. The quantitative estimate of drug-likeness (QED) is 0.337. The van der Waals surface area contributed by atoms with Crippen LogP contribution in [0, 0.1) is 13.8 Å². The van der Waals surface area contributed by atoms with Gasteiger partial charge in [0.05, 0.1) is 12.0 Å². The van der Waals surface area contributed by atoms with Crippen molar-refractivity contribution >= 4 is 34.3 Å². The fourth-order valence-corrected chi connectivity index (χ4v) is 3.69. The lowest BCUT2D eigenvalue weighted by atomic mass is 10.1. The number of fused-ring (bicyclic) bond motifs is 1. The molecule has 0 atom stereocenters. The van der Waals surface area contributed by atoms with Crippen LogP contribution < -0.4 is 5.32 Å². The Morgan fingerprint density at radius 3 is 2.47 bits per heavy atom. The van der Waals surface area contributed by atoms with E-state index < -0.39 is 5.97 Å². The van der Waals surface area contributed by atoms with Crippen LogP contribution in [0.5, 0.6) is 0 Å². The van der Waals surface area contributed by atoms with Gasteiger partial charge in [-0.2, -0.15) is 0 Å². The average Bonchev–Trinajstić information content (AvgIpc) is 3.05. The van der Waals surface area contributed by atoms with Gasteiger partial charge in [0.15, 0.2) is 11.4 Å². The maximum absolute atomic E-state index is 12.5. The summed E-state index contributed by atoms with van der Waals surface area (Å²) in [5, 5.41) is 4.09. The highest BCUT2D eigenvalue weighted by molar-refractivity contribution is 5.99. The van der Waals surface area contributed by atoms with Gasteiger partial charge in [0.2, 0.25) is 5.82 Å². The minimum atomic E-state index is -0.592. The second kappa shape index (κ2) is 8.63. The number of benzene rings is 2. The zero-order valence-electron chi connectivity index (χ0n) is 18.5. The molecule has 162 valence electrons. The highest BCUT2D eigenvalue weighted by Gasteiger charge is 2.22. The third-order valence-corrected chi connectivity index (χ3v) is 5.36. The van der Waals surface area contributed by atoms with Crippen molar-refractivity contribution in [1.82, 2.24) is 14.5 Å². The van der Waals surface area contributed by atoms with Gasteiger partial charge in [-0.05, 0) is 57.5 Å². The van der Waals surface area contributed by atoms with Gasteiger partial charge in [-0.3, -0.25) is 9.36 Å². The number of esters is 1. The predicted molar refractivity (Wildman–Crippen MR) is 124 cm³/mol. The maximum atomic E-state index is 12.5. The first kappa shape index (κ1) is 21.2. The number of carbonyl (C=O) groups is 2. The molecule has 0 saturated heterocycles. The number of Topliss-reactive ketones (excluding diaryl/α,β-unsaturated/α-hetero) is 1. The lowest BCUT2D eigenvalue weighted by Crippen LogP contribution is -2.12. The Kier molecular flexibility index (Phi) is 5.73. The fraction of sp³-hybridized carbons (Fsp3) is 0.200. The van der Waals surface area contributed by atoms with E-state index in [9.17, 15) is 9.59 Å². The van der Waals surface area contributed by atoms with Crippen LogP contribution in [0.4, 0.5) is 11.5 Å². The molecule has 2 aromatic carbocycles. The van der Waals surface area contributed by atoms with Crippen molar-refractivity contribution in [3.05, 3.63) is 77.2 Å². The van der Waals surface area contributed by atoms with Crippen molar-refractivity contribution in [2.24, 2.45) is 0 Å². The largest absolute Gasteiger partial charge is 0.460 e. The number of hydrogen-bond donors (Lipinski definition) is 1. The summed E-state index contributed by atoms with van der Waals surface area (Å²) in [7, 11) is 0. The smallest absolute Gasteiger partial charge is 0.376 e. The number of para-hydroxylation sites is 1. The molecule has 0 aliphatic carbocycles. The van der Waals surface area contributed by atoms with Crippen LogP contribution >= 0.6 is 0 Å². The third-order valence-electron chi connectivity index (χ3n) is 5.36. The molecular formula is C25H24N4O3. The van der Waals surface area contributed by atoms with Gasteiger partial charge in [0, 0.05) is 22.6 Å². The lowest BCUT2D eigenvalue weighted by Gasteiger charge is -2.11. The lowest BCUT2D eigenvalue weighted by molar-refractivity contribution is 0.0512. The summed E-state index contributed by atoms with van der Waals surface area (Å²) in [6, 6.07) is 17.0. The molecular weight excluding hydrogens is 404 g/mol. The van der Waals surface area contributed by atoms with E-state index >= 15 is 0 Å². The predicted octanol–water partition coefficient (Wildman–Crippen LogP) is 5.16. The van der Waals surface area contributed by atoms with Crippen LogP contribution in [0.15, 0.2) is 54.6 Å². The van der Waals surface area contributed by atoms with E-state index in [0.29, 0.717) is 22.7 Å². The molecule has 7 heteroatoms. The summed E-state index contributed by atoms with van der Waals surface area (Å²) in [6.45, 7) is 7.50. The van der Waals surface area contributed by atoms with E-state index in [2.05, 4.69) is 15.3 Å². The van der Waals surface area contributed by atoms with Crippen LogP contribution in [0.1, 0.15) is 46.1 Å². The van der Waals surface area contributed by atoms with Crippen LogP contribution in [0.3, 0.4) is 0 Å². The number of carbonyl (C=O) groups excluding carboxylic acids is 2. The van der Waals surface area contributed by atoms with E-state index in [1.54, 1.807) is 25.1 Å². The molecule has 2 heterocycles. The topological polar surface area (TPSA) is 86.1 Å². The zero-order valence-corrected chi connectivity index (χ0v) is 18.5. The first-order valence-electron chi connectivity index (χ1n) is 10.4. The maximum Gasteiger partial charge on any atom is 0.376 e. The Balaban J connectivity index is 1.96. The summed E-state index contributed by atoms with van der Waals surface area (Å²) in [6.07, 6.45) is 0. The molecule has 7 nitrogen and oxygen atoms in total. The van der Waals surface area contributed by atoms with Crippen LogP contribution in [-0.4, -0.2) is 32.9 Å². The molecule has 0 unspecified atom stereocenters. The van der Waals surface area contributed by atoms with Crippen molar-refractivity contribution < 1.29 is 14.3 Å². The molecule has 0 aliphatic rings. The Morgan fingerprint density at radius 2 is 1.78 bits per heavy atom. The van der Waals surface area contributed by atoms with Crippen molar-refractivity contribution in [3.63, 3.8) is 0 Å². The molecule has 0 amide bonds. The van der Waals surface area contributed by atoms with E-state index in [0.717, 1.165) is 22.3 Å². The third kappa shape index (κ3) is 3.85. The van der Waals surface area contributed by atoms with E-state index in [1.807, 2.05) is 54.8 Å². The van der Waals surface area contributed by atoms with E-state index in [1.165, 1.54) is 6.92 Å². The van der Waals surface area contributed by atoms with E-state index in [4.69, 9.17) is 4.74 Å². The fourth-order valence-electron chi connectivity index (χ4n) is 3.69. The molecule has 0 spiro atoms. The van der Waals surface area contributed by atoms with Gasteiger partial charge in [-0.15, -0.1) is 0 Å². The summed E-state index contributed by atoms with van der Waals surface area (Å²) < 4.78 is 7.18. The highest BCUT2D eigenvalue weighted by atomic mass is 16.5. The molecule has 0 aliphatic heterocycles. The van der Waals surface area contributed by atoms with Crippen LogP contribution in [0.25, 0.3) is 16.7 Å². The molecule has 4 rings (SSSR count). The Hall–Kier alpha value is -4.00. The number of anilines is 2. The summed E-state index contributed by atoms with van der Waals surface area (Å²) >= 11 is 0. The Labute approximate surface area is 186 Å². The minimum Gasteiger partial charge on any atom is -0.460 e. The number of nitrogens with one attached hydrogen (secondary N) is 1. The summed E-state index contributed by atoms with van der Waals surface area (Å²) in [5.41, 5.74) is 4.79. The molecule has 32 heavy (non-hydrogen) atoms. The van der Waals surface area contributed by atoms with Crippen LogP contribution in [0.2, 0.25) is 0 Å². The van der Waals surface area contributed by atoms with Gasteiger partial charge in [0.1, 0.15) is 5.82 Å². The van der Waals surface area contributed by atoms with Crippen molar-refractivity contribution in [1.29, 1.82) is 0 Å². The van der Waals surface area contributed by atoms with Gasteiger partial charge in [-0.1, -0.05) is 30.3 Å². The number of nitrogens with zero attached hydrogens (tertiary/aromatic N) is 3. The van der Waals surface area contributed by atoms with Gasteiger partial charge < -0.3 is 10.1 Å². The number of hydrogen-bond acceptors (Lipinski definition) is 6. The number of ether oxygens (including phenoxy) is 1. The highest BCUT2D eigenvalue weighted by Crippen LogP contribution is 2.33. The first-order valence-corrected chi connectivity index (χ1v) is 10.4. The summed E-state index contributed by atoms with van der Waals surface area (Å²) in [5.74, 6) is -0.171. The van der Waals surface area contributed by atoms with Crippen molar-refractivity contribution in [3.8, 4) is 5.69 Å². The number of rotatable bonds is 6. The Morgan fingerprint density at radius 1 is 1.03 bits per heavy atom. The standard InChI is InChI=1S/C25H24N4O3/c1-5-32-25(31)23-27-22(26-19-11-9-10-18(14-19)17(4)30)21-15(2)16(3)29(24(21)28-23)20-12-7-6-8-13-20/h6-14H,5H2,1-4H3,(H,26,27,28). The molecule has 0 bridgehead atoms. The van der Waals surface area contributed by atoms with Crippen molar-refractivity contribution in [2.45, 2.75) is 27.7 Å². The average molecular weight is 428 g/mol. The minimum absolute atomic E-state index is 0.0285. The number of aryl methyl sites for hydroxylation is 1. The molecule has 0 saturated carbocycles. The SMILES string of the molecule is CCOC(=O)c1nc(Nc2cccc(C(C)=O)c2)c2c(C)c(C)n(-c3ccccc3)c2n1.